The minimum Gasteiger partial charge on any atom is -0.368 e. The lowest BCUT2D eigenvalue weighted by Crippen LogP contribution is -2.46. The predicted octanol–water partition coefficient (Wildman–Crippen LogP) is 1.71. The molecule has 1 aliphatic rings. The first-order valence-electron chi connectivity index (χ1n) is 7.82. The van der Waals surface area contributed by atoms with Crippen LogP contribution in [0.15, 0.2) is 47.4 Å². The van der Waals surface area contributed by atoms with E-state index in [9.17, 15) is 22.9 Å². The van der Waals surface area contributed by atoms with Crippen LogP contribution < -0.4 is 14.9 Å². The summed E-state index contributed by atoms with van der Waals surface area (Å²) in [6, 6.07) is 9.63. The van der Waals surface area contributed by atoms with Crippen molar-refractivity contribution in [2.75, 3.05) is 36.0 Å². The topological polar surface area (TPSA) is 110 Å². The number of halogens is 1. The second-order valence-electron chi connectivity index (χ2n) is 5.90. The number of sulfonamides is 1. The van der Waals surface area contributed by atoms with Crippen molar-refractivity contribution >= 4 is 27.1 Å². The third-order valence-electron chi connectivity index (χ3n) is 4.28. The zero-order valence-corrected chi connectivity index (χ0v) is 14.5. The molecule has 0 aromatic heterocycles. The highest BCUT2D eigenvalue weighted by Gasteiger charge is 2.24. The number of nitrogens with two attached hydrogens (primary N) is 1. The molecule has 2 aromatic carbocycles. The molecule has 2 aromatic rings. The minimum absolute atomic E-state index is 0.0373. The molecule has 1 aliphatic heterocycles. The Morgan fingerprint density at radius 1 is 1.00 bits per heavy atom. The van der Waals surface area contributed by atoms with E-state index in [0.29, 0.717) is 26.2 Å². The van der Waals surface area contributed by atoms with Crippen LogP contribution in [0.3, 0.4) is 0 Å². The van der Waals surface area contributed by atoms with E-state index in [2.05, 4.69) is 0 Å². The summed E-state index contributed by atoms with van der Waals surface area (Å²) in [5, 5.41) is 16.2. The first kappa shape index (κ1) is 18.1. The fraction of sp³-hybridized carbons (Fsp3) is 0.250. The maximum Gasteiger partial charge on any atom is 0.292 e. The third-order valence-corrected chi connectivity index (χ3v) is 5.21. The lowest BCUT2D eigenvalue weighted by molar-refractivity contribution is -0.384. The number of hydrogen-bond donors (Lipinski definition) is 1. The van der Waals surface area contributed by atoms with Gasteiger partial charge in [0.25, 0.3) is 5.69 Å². The SMILES string of the molecule is NS(=O)(=O)c1ccc(N2CCN(c3cc(F)ccc3[N+](=O)[O-])CC2)cc1. The van der Waals surface area contributed by atoms with Crippen LogP contribution in [0.1, 0.15) is 0 Å². The van der Waals surface area contributed by atoms with E-state index >= 15 is 0 Å². The van der Waals surface area contributed by atoms with E-state index in [1.165, 1.54) is 24.3 Å². The largest absolute Gasteiger partial charge is 0.368 e. The van der Waals surface area contributed by atoms with Crippen molar-refractivity contribution in [3.8, 4) is 0 Å². The maximum atomic E-state index is 13.5. The lowest BCUT2D eigenvalue weighted by atomic mass is 10.2. The zero-order valence-electron chi connectivity index (χ0n) is 13.7. The number of nitro groups is 1. The summed E-state index contributed by atoms with van der Waals surface area (Å²) < 4.78 is 36.1. The zero-order chi connectivity index (χ0) is 18.9. The molecule has 0 spiro atoms. The number of primary sulfonamides is 1. The number of hydrogen-bond acceptors (Lipinski definition) is 6. The van der Waals surface area contributed by atoms with Crippen molar-refractivity contribution in [3.05, 3.63) is 58.4 Å². The molecule has 1 fully saturated rings. The highest BCUT2D eigenvalue weighted by molar-refractivity contribution is 7.89. The van der Waals surface area contributed by atoms with Crippen molar-refractivity contribution in [2.45, 2.75) is 4.90 Å². The fourth-order valence-corrected chi connectivity index (χ4v) is 3.47. The molecule has 3 rings (SSSR count). The Bertz CT molecular complexity index is 926. The van der Waals surface area contributed by atoms with E-state index in [1.807, 2.05) is 4.90 Å². The molecule has 1 heterocycles. The van der Waals surface area contributed by atoms with Gasteiger partial charge in [0.05, 0.1) is 9.82 Å². The van der Waals surface area contributed by atoms with Crippen molar-refractivity contribution in [2.24, 2.45) is 5.14 Å². The van der Waals surface area contributed by atoms with Crippen molar-refractivity contribution in [1.82, 2.24) is 0 Å². The molecular formula is C16H17FN4O4S. The maximum absolute atomic E-state index is 13.5. The van der Waals surface area contributed by atoms with Crippen molar-refractivity contribution in [1.29, 1.82) is 0 Å². The van der Waals surface area contributed by atoms with Crippen LogP contribution in [-0.4, -0.2) is 39.5 Å². The van der Waals surface area contributed by atoms with Gasteiger partial charge in [-0.05, 0) is 30.3 Å². The summed E-state index contributed by atoms with van der Waals surface area (Å²) in [6.45, 7) is 2.06. The predicted molar refractivity (Wildman–Crippen MR) is 95.3 cm³/mol. The molecule has 2 N–H and O–H groups in total. The van der Waals surface area contributed by atoms with Crippen molar-refractivity contribution in [3.63, 3.8) is 0 Å². The van der Waals surface area contributed by atoms with Gasteiger partial charge in [0, 0.05) is 44.0 Å². The number of nitro benzene ring substituents is 1. The standard InChI is InChI=1S/C16H17FN4O4S/c17-12-1-6-15(21(22)23)16(11-12)20-9-7-19(8-10-20)13-2-4-14(5-3-13)26(18,24)25/h1-6,11H,7-10H2,(H2,18,24,25). The van der Waals surface area contributed by atoms with E-state index in [-0.39, 0.29) is 16.3 Å². The Labute approximate surface area is 149 Å². The molecule has 0 bridgehead atoms. The molecule has 0 amide bonds. The Balaban J connectivity index is 1.74. The second kappa shape index (κ2) is 6.89. The lowest BCUT2D eigenvalue weighted by Gasteiger charge is -2.37. The molecule has 138 valence electrons. The van der Waals surface area contributed by atoms with Gasteiger partial charge < -0.3 is 9.80 Å². The minimum atomic E-state index is -3.74. The van der Waals surface area contributed by atoms with Gasteiger partial charge in [-0.3, -0.25) is 10.1 Å². The Hall–Kier alpha value is -2.72. The summed E-state index contributed by atoms with van der Waals surface area (Å²) >= 11 is 0. The van der Waals surface area contributed by atoms with Gasteiger partial charge >= 0.3 is 0 Å². The molecule has 10 heteroatoms. The van der Waals surface area contributed by atoms with E-state index in [0.717, 1.165) is 11.8 Å². The number of anilines is 2. The Kier molecular flexibility index (Phi) is 4.79. The molecule has 1 saturated heterocycles. The molecule has 0 aliphatic carbocycles. The number of benzene rings is 2. The summed E-state index contributed by atoms with van der Waals surface area (Å²) in [5.41, 5.74) is 0.961. The van der Waals surface area contributed by atoms with Crippen LogP contribution in [0.4, 0.5) is 21.5 Å². The quantitative estimate of drug-likeness (QED) is 0.639. The average molecular weight is 380 g/mol. The van der Waals surface area contributed by atoms with Crippen LogP contribution >= 0.6 is 0 Å². The highest BCUT2D eigenvalue weighted by atomic mass is 32.2. The first-order valence-corrected chi connectivity index (χ1v) is 9.37. The Morgan fingerprint density at radius 2 is 1.58 bits per heavy atom. The van der Waals surface area contributed by atoms with Crippen LogP contribution in [-0.2, 0) is 10.0 Å². The second-order valence-corrected chi connectivity index (χ2v) is 7.46. The molecule has 0 radical (unpaired) electrons. The first-order chi connectivity index (χ1) is 12.3. The number of nitrogens with zero attached hydrogens (tertiary/aromatic N) is 3. The molecule has 0 unspecified atom stereocenters. The van der Waals surface area contributed by atoms with Crippen molar-refractivity contribution < 1.29 is 17.7 Å². The summed E-state index contributed by atoms with van der Waals surface area (Å²) in [4.78, 5) is 14.5. The van der Waals surface area contributed by atoms with Gasteiger partial charge in [-0.25, -0.2) is 17.9 Å². The fourth-order valence-electron chi connectivity index (χ4n) is 2.96. The normalized spacial score (nSPS) is 15.2. The van der Waals surface area contributed by atoms with E-state index in [4.69, 9.17) is 5.14 Å². The van der Waals surface area contributed by atoms with Gasteiger partial charge in [-0.1, -0.05) is 0 Å². The molecule has 0 saturated carbocycles. The highest BCUT2D eigenvalue weighted by Crippen LogP contribution is 2.30. The Morgan fingerprint density at radius 3 is 2.12 bits per heavy atom. The number of rotatable bonds is 4. The number of piperazine rings is 1. The van der Waals surface area contributed by atoms with Crippen LogP contribution in [0.25, 0.3) is 0 Å². The molecular weight excluding hydrogens is 363 g/mol. The smallest absolute Gasteiger partial charge is 0.292 e. The molecule has 0 atom stereocenters. The van der Waals surface area contributed by atoms with Crippen LogP contribution in [0.5, 0.6) is 0 Å². The molecule has 26 heavy (non-hydrogen) atoms. The van der Waals surface area contributed by atoms with E-state index < -0.39 is 20.8 Å². The van der Waals surface area contributed by atoms with Gasteiger partial charge in [0.15, 0.2) is 0 Å². The van der Waals surface area contributed by atoms with Crippen LogP contribution in [0, 0.1) is 15.9 Å². The summed E-state index contributed by atoms with van der Waals surface area (Å²) in [6.07, 6.45) is 0. The molecule has 8 nitrogen and oxygen atoms in total. The van der Waals surface area contributed by atoms with E-state index in [1.54, 1.807) is 17.0 Å². The van der Waals surface area contributed by atoms with Gasteiger partial charge in [0.1, 0.15) is 11.5 Å². The summed E-state index contributed by atoms with van der Waals surface area (Å²) in [5.74, 6) is -0.522. The average Bonchev–Trinajstić information content (AvgIpc) is 2.61. The van der Waals surface area contributed by atoms with Gasteiger partial charge in [0.2, 0.25) is 10.0 Å². The third kappa shape index (κ3) is 3.75. The van der Waals surface area contributed by atoms with Gasteiger partial charge in [-0.15, -0.1) is 0 Å². The van der Waals surface area contributed by atoms with Gasteiger partial charge in [-0.2, -0.15) is 0 Å². The summed E-state index contributed by atoms with van der Waals surface area (Å²) in [7, 11) is -3.74. The van der Waals surface area contributed by atoms with Crippen LogP contribution in [0.2, 0.25) is 0 Å². The monoisotopic (exact) mass is 380 g/mol.